The number of carbonyl (C=O) groups is 2. The van der Waals surface area contributed by atoms with Crippen LogP contribution in [0.25, 0.3) is 0 Å². The number of aromatic nitrogens is 4. The van der Waals surface area contributed by atoms with Gasteiger partial charge in [-0.15, -0.1) is 5.10 Å². The lowest BCUT2D eigenvalue weighted by Crippen LogP contribution is -2.37. The Balaban J connectivity index is 1.05. The number of hydrogen-bond acceptors (Lipinski definition) is 8. The van der Waals surface area contributed by atoms with E-state index in [0.717, 1.165) is 48.3 Å². The molecule has 1 unspecified atom stereocenters. The van der Waals surface area contributed by atoms with Gasteiger partial charge >= 0.3 is 0 Å². The van der Waals surface area contributed by atoms with Crippen molar-refractivity contribution in [2.75, 3.05) is 57.4 Å². The highest BCUT2D eigenvalue weighted by Crippen LogP contribution is 2.32. The number of morpholine rings is 1. The van der Waals surface area contributed by atoms with Crippen LogP contribution in [0.3, 0.4) is 0 Å². The summed E-state index contributed by atoms with van der Waals surface area (Å²) in [4.78, 5) is 34.0. The molecule has 1 N–H and O–H groups in total. The van der Waals surface area contributed by atoms with E-state index < -0.39 is 0 Å². The molecule has 0 bridgehead atoms. The van der Waals surface area contributed by atoms with Crippen LogP contribution in [-0.4, -0.2) is 94.3 Å². The van der Waals surface area contributed by atoms with Gasteiger partial charge in [0.15, 0.2) is 0 Å². The summed E-state index contributed by atoms with van der Waals surface area (Å²) in [5.41, 5.74) is 5.22. The lowest BCUT2D eigenvalue weighted by molar-refractivity contribution is -0.122. The Hall–Kier alpha value is -4.09. The molecule has 0 radical (unpaired) electrons. The molecule has 3 aliphatic heterocycles. The molecule has 2 saturated heterocycles. The fraction of sp³-hybridized carbons (Fsp3) is 0.452. The molecule has 42 heavy (non-hydrogen) atoms. The third-order valence-electron chi connectivity index (χ3n) is 8.40. The van der Waals surface area contributed by atoms with Crippen molar-refractivity contribution < 1.29 is 14.3 Å². The smallest absolute Gasteiger partial charge is 0.266 e. The normalized spacial score (nSPS) is 19.5. The number of benzene rings is 2. The molecule has 11 heteroatoms. The first-order valence-electron chi connectivity index (χ1n) is 14.7. The summed E-state index contributed by atoms with van der Waals surface area (Å²) in [7, 11) is 0. The third-order valence-corrected chi connectivity index (χ3v) is 8.40. The van der Waals surface area contributed by atoms with E-state index >= 15 is 0 Å². The summed E-state index contributed by atoms with van der Waals surface area (Å²) >= 11 is 0. The van der Waals surface area contributed by atoms with Crippen molar-refractivity contribution in [3.8, 4) is 0 Å². The van der Waals surface area contributed by atoms with Crippen LogP contribution in [0.15, 0.2) is 60.3 Å². The molecule has 4 heterocycles. The summed E-state index contributed by atoms with van der Waals surface area (Å²) in [6, 6.07) is 15.9. The van der Waals surface area contributed by atoms with Crippen molar-refractivity contribution in [3.05, 3.63) is 82.6 Å². The first-order chi connectivity index (χ1) is 20.4. The highest BCUT2D eigenvalue weighted by molar-refractivity contribution is 5.98. The van der Waals surface area contributed by atoms with Crippen molar-refractivity contribution >= 4 is 17.8 Å². The minimum absolute atomic E-state index is 0.00355. The number of aryl methyl sites for hydroxylation is 2. The van der Waals surface area contributed by atoms with Crippen molar-refractivity contribution in [3.63, 3.8) is 0 Å². The highest BCUT2D eigenvalue weighted by atomic mass is 16.5. The fourth-order valence-corrected chi connectivity index (χ4v) is 6.18. The Kier molecular flexibility index (Phi) is 8.29. The second kappa shape index (κ2) is 12.4. The quantitative estimate of drug-likeness (QED) is 0.418. The Morgan fingerprint density at radius 3 is 2.52 bits per heavy atom. The average Bonchev–Trinajstić information content (AvgIpc) is 3.72. The number of nitrogens with zero attached hydrogens (tertiary/aromatic N) is 7. The van der Waals surface area contributed by atoms with E-state index in [1.807, 2.05) is 72.2 Å². The predicted molar refractivity (Wildman–Crippen MR) is 158 cm³/mol. The number of likely N-dealkylation sites (tertiary alicyclic amines) is 1. The summed E-state index contributed by atoms with van der Waals surface area (Å²) in [6.07, 6.45) is 2.83. The number of carbonyl (C=O) groups excluding carboxylic acids is 2. The van der Waals surface area contributed by atoms with E-state index in [0.29, 0.717) is 44.7 Å². The minimum Gasteiger partial charge on any atom is -0.378 e. The van der Waals surface area contributed by atoms with Crippen molar-refractivity contribution in [1.82, 2.24) is 35.3 Å². The van der Waals surface area contributed by atoms with Gasteiger partial charge in [-0.25, -0.2) is 0 Å². The molecule has 2 fully saturated rings. The number of fused-ring (bicyclic) bond motifs is 1. The predicted octanol–water partition coefficient (Wildman–Crippen LogP) is 2.35. The van der Waals surface area contributed by atoms with E-state index in [1.54, 1.807) is 0 Å². The lowest BCUT2D eigenvalue weighted by atomic mass is 10.0. The lowest BCUT2D eigenvalue weighted by Gasteiger charge is -2.24. The summed E-state index contributed by atoms with van der Waals surface area (Å²) in [5.74, 6) is 0.803. The molecule has 220 valence electrons. The van der Waals surface area contributed by atoms with E-state index in [-0.39, 0.29) is 24.4 Å². The summed E-state index contributed by atoms with van der Waals surface area (Å²) in [6.45, 7) is 9.98. The molecular weight excluding hydrogens is 532 g/mol. The maximum Gasteiger partial charge on any atom is 0.266 e. The maximum absolute atomic E-state index is 13.3. The van der Waals surface area contributed by atoms with Crippen LogP contribution in [0.1, 0.15) is 39.5 Å². The number of hydrogen-bond donors (Lipinski definition) is 1. The van der Waals surface area contributed by atoms with Crippen molar-refractivity contribution in [2.45, 2.75) is 32.9 Å². The van der Waals surface area contributed by atoms with Gasteiger partial charge in [-0.2, -0.15) is 4.80 Å². The zero-order valence-electron chi connectivity index (χ0n) is 24.3. The number of rotatable bonds is 9. The summed E-state index contributed by atoms with van der Waals surface area (Å²) < 4.78 is 5.39. The van der Waals surface area contributed by atoms with Crippen LogP contribution in [0.4, 0.5) is 5.95 Å². The van der Waals surface area contributed by atoms with Gasteiger partial charge in [0.25, 0.3) is 11.9 Å². The summed E-state index contributed by atoms with van der Waals surface area (Å²) in [5, 5.41) is 15.8. The Morgan fingerprint density at radius 2 is 1.79 bits per heavy atom. The average molecular weight is 571 g/mol. The van der Waals surface area contributed by atoms with Crippen LogP contribution in [0, 0.1) is 19.8 Å². The second-order valence-corrected chi connectivity index (χ2v) is 11.4. The molecule has 0 saturated carbocycles. The van der Waals surface area contributed by atoms with Gasteiger partial charge in [0.05, 0.1) is 19.3 Å². The first kappa shape index (κ1) is 28.0. The van der Waals surface area contributed by atoms with Gasteiger partial charge in [0, 0.05) is 56.9 Å². The zero-order chi connectivity index (χ0) is 29.1. The fourth-order valence-electron chi connectivity index (χ4n) is 6.18. The third kappa shape index (κ3) is 6.22. The monoisotopic (exact) mass is 570 g/mol. The van der Waals surface area contributed by atoms with Gasteiger partial charge in [0.2, 0.25) is 5.91 Å². The molecular formula is C31H38N8O3. The van der Waals surface area contributed by atoms with Gasteiger partial charge in [-0.3, -0.25) is 14.5 Å². The highest BCUT2D eigenvalue weighted by Gasteiger charge is 2.36. The maximum atomic E-state index is 13.3. The number of nitrogens with one attached hydrogen (secondary N) is 1. The van der Waals surface area contributed by atoms with Crippen molar-refractivity contribution in [2.24, 2.45) is 5.92 Å². The Labute approximate surface area is 246 Å². The molecule has 3 aliphatic rings. The second-order valence-electron chi connectivity index (χ2n) is 11.4. The Bertz CT molecular complexity index is 1430. The number of ether oxygens (including phenoxy) is 1. The molecule has 11 nitrogen and oxygen atoms in total. The van der Waals surface area contributed by atoms with Gasteiger partial charge < -0.3 is 19.9 Å². The van der Waals surface area contributed by atoms with Crippen LogP contribution in [-0.2, 0) is 16.1 Å². The molecule has 2 atom stereocenters. The van der Waals surface area contributed by atoms with Crippen LogP contribution >= 0.6 is 0 Å². The van der Waals surface area contributed by atoms with E-state index in [1.165, 1.54) is 10.4 Å². The Morgan fingerprint density at radius 1 is 1.02 bits per heavy atom. The molecule has 0 aliphatic carbocycles. The molecule has 0 spiro atoms. The number of anilines is 1. The number of tetrazole rings is 1. The van der Waals surface area contributed by atoms with Crippen LogP contribution in [0.2, 0.25) is 0 Å². The van der Waals surface area contributed by atoms with Gasteiger partial charge in [-0.1, -0.05) is 53.6 Å². The van der Waals surface area contributed by atoms with E-state index in [2.05, 4.69) is 31.8 Å². The topological polar surface area (TPSA) is 109 Å². The van der Waals surface area contributed by atoms with Crippen molar-refractivity contribution in [1.29, 1.82) is 0 Å². The van der Waals surface area contributed by atoms with Crippen LogP contribution in [0.5, 0.6) is 0 Å². The molecule has 2 amide bonds. The standard InChI is InChI=1S/C31H38N8O3/c1-22-7-6-8-23(2)29(22)30(41)38-19-25-17-36(18-26(25)20-38)12-11-27(24-9-4-3-5-10-24)32-28(40)21-39-34-31(33-35-39)37-13-15-42-16-14-37/h3-10,19,26-27H,11-18,20-21H2,1-2H3,(H,32,40)/t26?,27-/m0/s1. The van der Waals surface area contributed by atoms with Gasteiger partial charge in [0.1, 0.15) is 6.54 Å². The number of amides is 2. The minimum atomic E-state index is -0.156. The molecule has 3 aromatic rings. The molecule has 6 rings (SSSR count). The molecule has 1 aromatic heterocycles. The SMILES string of the molecule is Cc1cccc(C)c1C(=O)N1C=C2CN(CC[C@H](NC(=O)Cn3nnc(N4CCOCC4)n3)c3ccccc3)CC2C1. The van der Waals surface area contributed by atoms with E-state index in [9.17, 15) is 9.59 Å². The van der Waals surface area contributed by atoms with Gasteiger partial charge in [-0.05, 0) is 47.7 Å². The van der Waals surface area contributed by atoms with Crippen LogP contribution < -0.4 is 10.2 Å². The zero-order valence-corrected chi connectivity index (χ0v) is 24.3. The first-order valence-corrected chi connectivity index (χ1v) is 14.7. The van der Waals surface area contributed by atoms with E-state index in [4.69, 9.17) is 4.74 Å². The molecule has 2 aromatic carbocycles. The largest absolute Gasteiger partial charge is 0.378 e.